The maximum absolute atomic E-state index is 2.85. The second-order valence-electron chi connectivity index (χ2n) is 7.07. The van der Waals surface area contributed by atoms with Gasteiger partial charge in [-0.15, -0.1) is 0 Å². The molecule has 1 nitrogen and oxygen atoms in total. The molecular formula is C18H25N. The van der Waals surface area contributed by atoms with E-state index in [2.05, 4.69) is 36.1 Å². The van der Waals surface area contributed by atoms with Gasteiger partial charge in [-0.05, 0) is 69.5 Å². The smallest absolute Gasteiger partial charge is 0.0491 e. The average molecular weight is 255 g/mol. The molecule has 0 N–H and O–H groups in total. The predicted octanol–water partition coefficient (Wildman–Crippen LogP) is 4.11. The maximum atomic E-state index is 2.85. The van der Waals surface area contributed by atoms with Gasteiger partial charge in [-0.1, -0.05) is 36.2 Å². The van der Waals surface area contributed by atoms with Gasteiger partial charge in [0.15, 0.2) is 0 Å². The molecule has 2 saturated carbocycles. The molecule has 1 heterocycles. The van der Waals surface area contributed by atoms with Gasteiger partial charge in [0, 0.05) is 5.54 Å². The Balaban J connectivity index is 1.80. The highest BCUT2D eigenvalue weighted by molar-refractivity contribution is 5.33. The monoisotopic (exact) mass is 255 g/mol. The Morgan fingerprint density at radius 1 is 1.16 bits per heavy atom. The van der Waals surface area contributed by atoms with Crippen molar-refractivity contribution < 1.29 is 0 Å². The molecule has 3 unspecified atom stereocenters. The molecule has 0 radical (unpaired) electrons. The Morgan fingerprint density at radius 3 is 2.63 bits per heavy atom. The molecule has 3 atom stereocenters. The Kier molecular flexibility index (Phi) is 2.73. The number of hydrogen-bond donors (Lipinski definition) is 0. The molecule has 1 aromatic carbocycles. The van der Waals surface area contributed by atoms with Gasteiger partial charge in [-0.3, -0.25) is 4.90 Å². The summed E-state index contributed by atoms with van der Waals surface area (Å²) in [5, 5.41) is 0. The lowest BCUT2D eigenvalue weighted by atomic mass is 9.74. The van der Waals surface area contributed by atoms with Crippen LogP contribution >= 0.6 is 0 Å². The van der Waals surface area contributed by atoms with Crippen LogP contribution < -0.4 is 0 Å². The first-order valence-corrected chi connectivity index (χ1v) is 8.11. The zero-order valence-corrected chi connectivity index (χ0v) is 12.1. The highest BCUT2D eigenvalue weighted by Crippen LogP contribution is 2.59. The van der Waals surface area contributed by atoms with Crippen LogP contribution in [0.25, 0.3) is 0 Å². The summed E-state index contributed by atoms with van der Waals surface area (Å²) in [5.41, 5.74) is 3.46. The zero-order valence-electron chi connectivity index (χ0n) is 12.1. The summed E-state index contributed by atoms with van der Waals surface area (Å²) in [6.45, 7) is 4.91. The third kappa shape index (κ3) is 1.71. The quantitative estimate of drug-likeness (QED) is 0.769. The van der Waals surface area contributed by atoms with E-state index < -0.39 is 0 Å². The van der Waals surface area contributed by atoms with Crippen LogP contribution in [0.5, 0.6) is 0 Å². The third-order valence-electron chi connectivity index (χ3n) is 6.00. The van der Waals surface area contributed by atoms with Gasteiger partial charge in [0.25, 0.3) is 0 Å². The lowest BCUT2D eigenvalue weighted by Crippen LogP contribution is -2.48. The molecule has 1 aliphatic heterocycles. The van der Waals surface area contributed by atoms with E-state index in [4.69, 9.17) is 0 Å². The van der Waals surface area contributed by atoms with Crippen LogP contribution in [0.1, 0.15) is 49.7 Å². The minimum Gasteiger partial charge on any atom is -0.293 e. The first-order chi connectivity index (χ1) is 9.29. The summed E-state index contributed by atoms with van der Waals surface area (Å²) >= 11 is 0. The van der Waals surface area contributed by atoms with Crippen molar-refractivity contribution in [3.05, 3.63) is 35.4 Å². The van der Waals surface area contributed by atoms with Gasteiger partial charge in [-0.25, -0.2) is 0 Å². The highest BCUT2D eigenvalue weighted by Gasteiger charge is 2.55. The first-order valence-electron chi connectivity index (χ1n) is 8.11. The van der Waals surface area contributed by atoms with Gasteiger partial charge in [0.1, 0.15) is 0 Å². The fourth-order valence-corrected chi connectivity index (χ4v) is 5.25. The molecule has 4 rings (SSSR count). The fourth-order valence-electron chi connectivity index (χ4n) is 5.25. The third-order valence-corrected chi connectivity index (χ3v) is 6.00. The van der Waals surface area contributed by atoms with E-state index in [0.717, 1.165) is 11.8 Å². The Labute approximate surface area is 117 Å². The van der Waals surface area contributed by atoms with E-state index in [9.17, 15) is 0 Å². The average Bonchev–Trinajstić information content (AvgIpc) is 3.15. The number of hydrogen-bond acceptors (Lipinski definition) is 1. The van der Waals surface area contributed by atoms with Gasteiger partial charge < -0.3 is 0 Å². The number of fused-ring (bicyclic) bond motifs is 2. The second-order valence-corrected chi connectivity index (χ2v) is 7.07. The van der Waals surface area contributed by atoms with E-state index in [1.807, 2.05) is 0 Å². The molecule has 19 heavy (non-hydrogen) atoms. The van der Waals surface area contributed by atoms with Crippen LogP contribution in [0, 0.1) is 18.8 Å². The maximum Gasteiger partial charge on any atom is 0.0491 e. The summed E-state index contributed by atoms with van der Waals surface area (Å²) < 4.78 is 0. The fraction of sp³-hybridized carbons (Fsp3) is 0.667. The standard InChI is InChI=1S/C18H25N/c1-14-5-4-6-16(11-14)18(19-9-2-3-10-19)13-15-7-8-17(18)12-15/h4-6,11,15,17H,2-3,7-10,12-13H2,1H3. The van der Waals surface area contributed by atoms with Gasteiger partial charge >= 0.3 is 0 Å². The predicted molar refractivity (Wildman–Crippen MR) is 79.1 cm³/mol. The van der Waals surface area contributed by atoms with Crippen molar-refractivity contribution in [3.8, 4) is 0 Å². The van der Waals surface area contributed by atoms with E-state index >= 15 is 0 Å². The van der Waals surface area contributed by atoms with Crippen LogP contribution in [-0.2, 0) is 5.54 Å². The van der Waals surface area contributed by atoms with Gasteiger partial charge in [0.05, 0.1) is 0 Å². The van der Waals surface area contributed by atoms with Gasteiger partial charge in [-0.2, -0.15) is 0 Å². The van der Waals surface area contributed by atoms with Gasteiger partial charge in [0.2, 0.25) is 0 Å². The largest absolute Gasteiger partial charge is 0.293 e. The lowest BCUT2D eigenvalue weighted by molar-refractivity contribution is 0.0528. The zero-order chi connectivity index (χ0) is 12.9. The molecule has 102 valence electrons. The Morgan fingerprint density at radius 2 is 2.00 bits per heavy atom. The summed E-state index contributed by atoms with van der Waals surface area (Å²) in [4.78, 5) is 2.85. The molecule has 3 aliphatic rings. The van der Waals surface area contributed by atoms with Crippen LogP contribution in [0.4, 0.5) is 0 Å². The minimum absolute atomic E-state index is 0.408. The summed E-state index contributed by atoms with van der Waals surface area (Å²) in [6, 6.07) is 9.40. The topological polar surface area (TPSA) is 3.24 Å². The summed E-state index contributed by atoms with van der Waals surface area (Å²) in [5.74, 6) is 1.93. The van der Waals surface area contributed by atoms with Crippen LogP contribution in [0.2, 0.25) is 0 Å². The molecule has 2 bridgehead atoms. The Hall–Kier alpha value is -0.820. The molecule has 2 aliphatic carbocycles. The Bertz CT molecular complexity index is 474. The molecule has 1 saturated heterocycles. The van der Waals surface area contributed by atoms with Crippen molar-refractivity contribution in [2.24, 2.45) is 11.8 Å². The van der Waals surface area contributed by atoms with E-state index in [1.54, 1.807) is 5.56 Å². The van der Waals surface area contributed by atoms with Crippen molar-refractivity contribution in [2.75, 3.05) is 13.1 Å². The molecule has 0 amide bonds. The van der Waals surface area contributed by atoms with Crippen molar-refractivity contribution in [3.63, 3.8) is 0 Å². The second kappa shape index (κ2) is 4.34. The molecule has 1 aromatic rings. The van der Waals surface area contributed by atoms with Crippen molar-refractivity contribution in [1.82, 2.24) is 4.90 Å². The number of benzene rings is 1. The number of likely N-dealkylation sites (tertiary alicyclic amines) is 1. The van der Waals surface area contributed by atoms with E-state index in [-0.39, 0.29) is 0 Å². The SMILES string of the molecule is Cc1cccc(C2(N3CCCC3)CC3CCC2C3)c1. The number of aryl methyl sites for hydroxylation is 1. The number of rotatable bonds is 2. The summed E-state index contributed by atoms with van der Waals surface area (Å²) in [6.07, 6.45) is 8.70. The van der Waals surface area contributed by atoms with Crippen LogP contribution in [-0.4, -0.2) is 18.0 Å². The summed E-state index contributed by atoms with van der Waals surface area (Å²) in [7, 11) is 0. The number of nitrogens with zero attached hydrogens (tertiary/aromatic N) is 1. The molecular weight excluding hydrogens is 230 g/mol. The lowest BCUT2D eigenvalue weighted by Gasteiger charge is -2.46. The van der Waals surface area contributed by atoms with Crippen LogP contribution in [0.15, 0.2) is 24.3 Å². The van der Waals surface area contributed by atoms with Crippen molar-refractivity contribution in [1.29, 1.82) is 0 Å². The van der Waals surface area contributed by atoms with Crippen LogP contribution in [0.3, 0.4) is 0 Å². The normalized spacial score (nSPS) is 38.2. The molecule has 0 spiro atoms. The highest BCUT2D eigenvalue weighted by atomic mass is 15.2. The molecule has 3 fully saturated rings. The minimum atomic E-state index is 0.408. The first kappa shape index (κ1) is 12.0. The van der Waals surface area contributed by atoms with Crippen molar-refractivity contribution >= 4 is 0 Å². The van der Waals surface area contributed by atoms with E-state index in [0.29, 0.717) is 5.54 Å². The van der Waals surface area contributed by atoms with Crippen molar-refractivity contribution in [2.45, 2.75) is 51.0 Å². The van der Waals surface area contributed by atoms with E-state index in [1.165, 1.54) is 57.2 Å². The molecule has 1 heteroatoms. The molecule has 0 aromatic heterocycles.